The molecule has 156 valence electrons. The number of ether oxygens (including phenoxy) is 2. The predicted octanol–water partition coefficient (Wildman–Crippen LogP) is 3.16. The summed E-state index contributed by atoms with van der Waals surface area (Å²) in [5, 5.41) is 2.61. The second kappa shape index (κ2) is 9.96. The minimum Gasteiger partial charge on any atom is -0.497 e. The average Bonchev–Trinajstić information content (AvgIpc) is 2.72. The van der Waals surface area contributed by atoms with Crippen molar-refractivity contribution in [2.45, 2.75) is 40.3 Å². The van der Waals surface area contributed by atoms with Crippen molar-refractivity contribution in [3.8, 4) is 11.5 Å². The molecule has 0 unspecified atom stereocenters. The van der Waals surface area contributed by atoms with Gasteiger partial charge in [0.1, 0.15) is 17.5 Å². The van der Waals surface area contributed by atoms with Crippen LogP contribution in [-0.4, -0.2) is 43.5 Å². The van der Waals surface area contributed by atoms with Gasteiger partial charge in [0.05, 0.1) is 7.11 Å². The normalized spacial score (nSPS) is 11.5. The van der Waals surface area contributed by atoms with Gasteiger partial charge in [0.2, 0.25) is 5.91 Å². The van der Waals surface area contributed by atoms with Crippen molar-refractivity contribution in [2.75, 3.05) is 20.8 Å². The van der Waals surface area contributed by atoms with E-state index in [0.29, 0.717) is 11.5 Å². The second-order valence-electron chi connectivity index (χ2n) is 7.16. The number of benzene rings is 2. The molecule has 0 saturated carbocycles. The van der Waals surface area contributed by atoms with Crippen LogP contribution >= 0.6 is 0 Å². The van der Waals surface area contributed by atoms with Gasteiger partial charge in [0, 0.05) is 13.6 Å². The number of rotatable bonds is 8. The quantitative estimate of drug-likeness (QED) is 0.742. The van der Waals surface area contributed by atoms with Crippen LogP contribution in [0.15, 0.2) is 36.4 Å². The van der Waals surface area contributed by atoms with Crippen molar-refractivity contribution in [1.82, 2.24) is 10.2 Å². The van der Waals surface area contributed by atoms with Gasteiger partial charge in [-0.2, -0.15) is 0 Å². The maximum absolute atomic E-state index is 13.0. The lowest BCUT2D eigenvalue weighted by Gasteiger charge is -2.28. The first-order chi connectivity index (χ1) is 13.8. The van der Waals surface area contributed by atoms with Crippen molar-refractivity contribution in [3.05, 3.63) is 58.7 Å². The lowest BCUT2D eigenvalue weighted by Crippen LogP contribution is -2.48. The Balaban J connectivity index is 2.21. The summed E-state index contributed by atoms with van der Waals surface area (Å²) in [6.45, 7) is 7.81. The molecule has 0 saturated heterocycles. The van der Waals surface area contributed by atoms with Crippen LogP contribution in [0.25, 0.3) is 0 Å². The number of aryl methyl sites for hydroxylation is 2. The molecule has 0 spiro atoms. The number of amides is 2. The molecule has 0 bridgehead atoms. The number of carbonyl (C=O) groups excluding carboxylic acids is 2. The molecule has 29 heavy (non-hydrogen) atoms. The summed E-state index contributed by atoms with van der Waals surface area (Å²) in [4.78, 5) is 26.7. The molecule has 2 aromatic rings. The van der Waals surface area contributed by atoms with E-state index in [-0.39, 0.29) is 25.0 Å². The minimum atomic E-state index is -0.636. The summed E-state index contributed by atoms with van der Waals surface area (Å²) in [5.74, 6) is 0.890. The summed E-state index contributed by atoms with van der Waals surface area (Å²) in [6, 6.07) is 10.8. The molecule has 0 radical (unpaired) electrons. The van der Waals surface area contributed by atoms with E-state index in [4.69, 9.17) is 9.47 Å². The molecule has 2 amide bonds. The van der Waals surface area contributed by atoms with Gasteiger partial charge in [0.15, 0.2) is 6.61 Å². The average molecular weight is 399 g/mol. The molecule has 0 aliphatic heterocycles. The van der Waals surface area contributed by atoms with Gasteiger partial charge < -0.3 is 19.7 Å². The van der Waals surface area contributed by atoms with Crippen LogP contribution < -0.4 is 14.8 Å². The van der Waals surface area contributed by atoms with E-state index in [1.807, 2.05) is 51.1 Å². The summed E-state index contributed by atoms with van der Waals surface area (Å²) in [6.07, 6.45) is 0. The fourth-order valence-corrected chi connectivity index (χ4v) is 3.13. The smallest absolute Gasteiger partial charge is 0.261 e. The molecule has 6 heteroatoms. The first-order valence-corrected chi connectivity index (χ1v) is 9.61. The molecule has 2 aromatic carbocycles. The second-order valence-corrected chi connectivity index (χ2v) is 7.16. The molecule has 6 nitrogen and oxygen atoms in total. The molecule has 0 fully saturated rings. The molecule has 1 atom stereocenters. The summed E-state index contributed by atoms with van der Waals surface area (Å²) >= 11 is 0. The molecule has 0 aromatic heterocycles. The number of nitrogens with one attached hydrogen (secondary N) is 1. The van der Waals surface area contributed by atoms with Gasteiger partial charge in [-0.1, -0.05) is 18.2 Å². The zero-order valence-electron chi connectivity index (χ0n) is 18.0. The predicted molar refractivity (Wildman–Crippen MR) is 113 cm³/mol. The zero-order valence-corrected chi connectivity index (χ0v) is 18.0. The van der Waals surface area contributed by atoms with Crippen molar-refractivity contribution in [2.24, 2.45) is 0 Å². The summed E-state index contributed by atoms with van der Waals surface area (Å²) in [7, 11) is 3.15. The van der Waals surface area contributed by atoms with Gasteiger partial charge in [-0.05, 0) is 68.1 Å². The zero-order chi connectivity index (χ0) is 21.6. The third kappa shape index (κ3) is 5.73. The summed E-state index contributed by atoms with van der Waals surface area (Å²) in [5.41, 5.74) is 4.06. The fourth-order valence-electron chi connectivity index (χ4n) is 3.13. The van der Waals surface area contributed by atoms with Crippen LogP contribution in [0.4, 0.5) is 0 Å². The number of hydrogen-bond acceptors (Lipinski definition) is 4. The third-order valence-electron chi connectivity index (χ3n) is 5.02. The Hall–Kier alpha value is -3.02. The number of likely N-dealkylation sites (N-methyl/N-ethyl adjacent to an activating group) is 1. The van der Waals surface area contributed by atoms with E-state index >= 15 is 0 Å². The minimum absolute atomic E-state index is 0.144. The first kappa shape index (κ1) is 22.3. The molecular formula is C23H30N2O4. The Morgan fingerprint density at radius 1 is 1.14 bits per heavy atom. The van der Waals surface area contributed by atoms with Gasteiger partial charge in [-0.15, -0.1) is 0 Å². The molecular weight excluding hydrogens is 368 g/mol. The number of hydrogen-bond donors (Lipinski definition) is 1. The van der Waals surface area contributed by atoms with Crippen LogP contribution in [-0.2, 0) is 16.1 Å². The Morgan fingerprint density at radius 2 is 1.86 bits per heavy atom. The van der Waals surface area contributed by atoms with Crippen LogP contribution in [0.5, 0.6) is 11.5 Å². The standard InChI is InChI=1S/C23H30N2O4/c1-15-10-16(2)17(3)21(11-15)29-14-22(26)25(18(4)23(27)24-5)13-19-8-7-9-20(12-19)28-6/h7-12,18H,13-14H2,1-6H3,(H,24,27)/t18-/m1/s1. The highest BCUT2D eigenvalue weighted by molar-refractivity contribution is 5.87. The molecule has 2 rings (SSSR count). The van der Waals surface area contributed by atoms with E-state index in [0.717, 1.165) is 22.3 Å². The van der Waals surface area contributed by atoms with E-state index in [9.17, 15) is 9.59 Å². The van der Waals surface area contributed by atoms with Gasteiger partial charge in [0.25, 0.3) is 5.91 Å². The highest BCUT2D eigenvalue weighted by atomic mass is 16.5. The SMILES string of the molecule is CNC(=O)[C@@H](C)N(Cc1cccc(OC)c1)C(=O)COc1cc(C)cc(C)c1C. The lowest BCUT2D eigenvalue weighted by molar-refractivity contribution is -0.142. The van der Waals surface area contributed by atoms with E-state index in [1.54, 1.807) is 21.1 Å². The number of carbonyl (C=O) groups is 2. The highest BCUT2D eigenvalue weighted by Crippen LogP contribution is 2.23. The van der Waals surface area contributed by atoms with Crippen molar-refractivity contribution in [3.63, 3.8) is 0 Å². The Kier molecular flexibility index (Phi) is 7.65. The van der Waals surface area contributed by atoms with E-state index in [1.165, 1.54) is 4.90 Å². The largest absolute Gasteiger partial charge is 0.497 e. The third-order valence-corrected chi connectivity index (χ3v) is 5.02. The van der Waals surface area contributed by atoms with Gasteiger partial charge in [-0.3, -0.25) is 9.59 Å². The Morgan fingerprint density at radius 3 is 2.52 bits per heavy atom. The van der Waals surface area contributed by atoms with Crippen molar-refractivity contribution >= 4 is 11.8 Å². The molecule has 0 heterocycles. The van der Waals surface area contributed by atoms with Gasteiger partial charge >= 0.3 is 0 Å². The number of methoxy groups -OCH3 is 1. The Labute approximate surface area is 172 Å². The summed E-state index contributed by atoms with van der Waals surface area (Å²) < 4.78 is 11.1. The van der Waals surface area contributed by atoms with Crippen LogP contribution in [0.1, 0.15) is 29.2 Å². The van der Waals surface area contributed by atoms with E-state index in [2.05, 4.69) is 11.4 Å². The van der Waals surface area contributed by atoms with Crippen molar-refractivity contribution < 1.29 is 19.1 Å². The van der Waals surface area contributed by atoms with Crippen LogP contribution in [0.2, 0.25) is 0 Å². The number of nitrogens with zero attached hydrogens (tertiary/aromatic N) is 1. The van der Waals surface area contributed by atoms with Crippen molar-refractivity contribution in [1.29, 1.82) is 0 Å². The maximum Gasteiger partial charge on any atom is 0.261 e. The van der Waals surface area contributed by atoms with E-state index < -0.39 is 6.04 Å². The molecule has 1 N–H and O–H groups in total. The highest BCUT2D eigenvalue weighted by Gasteiger charge is 2.26. The topological polar surface area (TPSA) is 67.9 Å². The first-order valence-electron chi connectivity index (χ1n) is 9.61. The van der Waals surface area contributed by atoms with Crippen LogP contribution in [0.3, 0.4) is 0 Å². The molecule has 0 aliphatic rings. The molecule has 0 aliphatic carbocycles. The van der Waals surface area contributed by atoms with Gasteiger partial charge in [-0.25, -0.2) is 0 Å². The Bertz CT molecular complexity index is 879. The maximum atomic E-state index is 13.0. The monoisotopic (exact) mass is 398 g/mol. The fraction of sp³-hybridized carbons (Fsp3) is 0.391. The van der Waals surface area contributed by atoms with Crippen LogP contribution in [0, 0.1) is 20.8 Å². The lowest BCUT2D eigenvalue weighted by atomic mass is 10.1.